The highest BCUT2D eigenvalue weighted by Crippen LogP contribution is 2.17. The number of allylic oxidation sites excluding steroid dienone is 1. The molecule has 0 spiro atoms. The van der Waals surface area contributed by atoms with E-state index in [0.717, 1.165) is 19.3 Å². The summed E-state index contributed by atoms with van der Waals surface area (Å²) in [5, 5.41) is 18.7. The van der Waals surface area contributed by atoms with E-state index in [4.69, 9.17) is 0 Å². The van der Waals surface area contributed by atoms with Gasteiger partial charge < -0.3 is 10.2 Å². The van der Waals surface area contributed by atoms with Crippen molar-refractivity contribution in [3.05, 3.63) is 11.6 Å². The van der Waals surface area contributed by atoms with Crippen LogP contribution in [0.1, 0.15) is 32.6 Å². The van der Waals surface area contributed by atoms with E-state index in [1.165, 1.54) is 5.57 Å². The maximum Gasteiger partial charge on any atom is 0.0835 e. The zero-order valence-corrected chi connectivity index (χ0v) is 6.95. The van der Waals surface area contributed by atoms with Crippen molar-refractivity contribution in [2.75, 3.05) is 0 Å². The minimum atomic E-state index is -0.549. The van der Waals surface area contributed by atoms with Crippen LogP contribution in [0.4, 0.5) is 0 Å². The summed E-state index contributed by atoms with van der Waals surface area (Å²) in [5.74, 6) is 0. The molecule has 1 aliphatic rings. The topological polar surface area (TPSA) is 40.5 Å². The van der Waals surface area contributed by atoms with Gasteiger partial charge in [0, 0.05) is 0 Å². The van der Waals surface area contributed by atoms with Gasteiger partial charge in [-0.05, 0) is 32.6 Å². The SMILES string of the molecule is C/C1=C/CCCC(O)C(O)C1. The summed E-state index contributed by atoms with van der Waals surface area (Å²) in [6.45, 7) is 2.00. The van der Waals surface area contributed by atoms with Gasteiger partial charge in [-0.15, -0.1) is 0 Å². The van der Waals surface area contributed by atoms with Gasteiger partial charge in [-0.1, -0.05) is 11.6 Å². The van der Waals surface area contributed by atoms with Gasteiger partial charge in [0.25, 0.3) is 0 Å². The van der Waals surface area contributed by atoms with E-state index in [0.29, 0.717) is 6.42 Å². The maximum atomic E-state index is 9.36. The molecular weight excluding hydrogens is 140 g/mol. The molecule has 0 radical (unpaired) electrons. The van der Waals surface area contributed by atoms with E-state index < -0.39 is 12.2 Å². The summed E-state index contributed by atoms with van der Waals surface area (Å²) in [6.07, 6.45) is 4.46. The Morgan fingerprint density at radius 3 is 2.82 bits per heavy atom. The first-order valence-corrected chi connectivity index (χ1v) is 4.22. The molecule has 0 fully saturated rings. The first kappa shape index (κ1) is 8.75. The van der Waals surface area contributed by atoms with Crippen molar-refractivity contribution in [2.24, 2.45) is 0 Å². The summed E-state index contributed by atoms with van der Waals surface area (Å²) in [5.41, 5.74) is 1.19. The van der Waals surface area contributed by atoms with E-state index in [1.807, 2.05) is 6.92 Å². The third-order valence-corrected chi connectivity index (χ3v) is 2.17. The van der Waals surface area contributed by atoms with Crippen molar-refractivity contribution in [2.45, 2.75) is 44.8 Å². The Morgan fingerprint density at radius 1 is 1.36 bits per heavy atom. The minimum Gasteiger partial charge on any atom is -0.390 e. The van der Waals surface area contributed by atoms with Crippen LogP contribution in [0.3, 0.4) is 0 Å². The van der Waals surface area contributed by atoms with Crippen LogP contribution in [0.5, 0.6) is 0 Å². The second-order valence-electron chi connectivity index (χ2n) is 3.32. The van der Waals surface area contributed by atoms with Gasteiger partial charge in [0.05, 0.1) is 12.2 Å². The highest BCUT2D eigenvalue weighted by Gasteiger charge is 2.17. The van der Waals surface area contributed by atoms with E-state index in [2.05, 4.69) is 6.08 Å². The standard InChI is InChI=1S/C9H16O2/c1-7-4-2-3-5-8(10)9(11)6-7/h4,8-11H,2-3,5-6H2,1H3/b7-4-. The summed E-state index contributed by atoms with van der Waals surface area (Å²) in [7, 11) is 0. The van der Waals surface area contributed by atoms with Gasteiger partial charge in [0.2, 0.25) is 0 Å². The zero-order chi connectivity index (χ0) is 8.27. The molecule has 0 saturated heterocycles. The average molecular weight is 156 g/mol. The van der Waals surface area contributed by atoms with Crippen LogP contribution in [0.2, 0.25) is 0 Å². The summed E-state index contributed by atoms with van der Waals surface area (Å²) in [4.78, 5) is 0. The van der Waals surface area contributed by atoms with Gasteiger partial charge in [-0.3, -0.25) is 0 Å². The van der Waals surface area contributed by atoms with Crippen LogP contribution in [0.15, 0.2) is 11.6 Å². The Labute approximate surface area is 67.6 Å². The van der Waals surface area contributed by atoms with E-state index in [9.17, 15) is 10.2 Å². The molecule has 0 bridgehead atoms. The number of hydrogen-bond acceptors (Lipinski definition) is 2. The van der Waals surface area contributed by atoms with E-state index in [1.54, 1.807) is 0 Å². The van der Waals surface area contributed by atoms with E-state index >= 15 is 0 Å². The zero-order valence-electron chi connectivity index (χ0n) is 6.95. The average Bonchev–Trinajstić information content (AvgIpc) is 1.95. The third-order valence-electron chi connectivity index (χ3n) is 2.17. The Bertz CT molecular complexity index is 152. The van der Waals surface area contributed by atoms with Crippen LogP contribution in [0, 0.1) is 0 Å². The Kier molecular flexibility index (Phi) is 3.09. The molecule has 2 N–H and O–H groups in total. The van der Waals surface area contributed by atoms with Gasteiger partial charge >= 0.3 is 0 Å². The van der Waals surface area contributed by atoms with Crippen molar-refractivity contribution in [3.63, 3.8) is 0 Å². The normalized spacial score (nSPS) is 38.6. The van der Waals surface area contributed by atoms with Gasteiger partial charge in [0.1, 0.15) is 0 Å². The molecule has 1 aliphatic carbocycles. The predicted molar refractivity (Wildman–Crippen MR) is 44.2 cm³/mol. The third kappa shape index (κ3) is 2.64. The first-order chi connectivity index (χ1) is 5.20. The quantitative estimate of drug-likeness (QED) is 0.518. The molecular formula is C9H16O2. The van der Waals surface area contributed by atoms with E-state index in [-0.39, 0.29) is 0 Å². The van der Waals surface area contributed by atoms with Crippen LogP contribution in [0.25, 0.3) is 0 Å². The van der Waals surface area contributed by atoms with Crippen LogP contribution >= 0.6 is 0 Å². The second kappa shape index (κ2) is 3.88. The molecule has 0 aromatic carbocycles. The van der Waals surface area contributed by atoms with Crippen molar-refractivity contribution >= 4 is 0 Å². The fourth-order valence-electron chi connectivity index (χ4n) is 1.42. The number of aliphatic hydroxyl groups excluding tert-OH is 2. The molecule has 0 aliphatic heterocycles. The molecule has 2 nitrogen and oxygen atoms in total. The molecule has 2 heteroatoms. The summed E-state index contributed by atoms with van der Waals surface area (Å²) in [6, 6.07) is 0. The lowest BCUT2D eigenvalue weighted by molar-refractivity contribution is 0.0130. The lowest BCUT2D eigenvalue weighted by atomic mass is 9.96. The molecule has 0 aromatic heterocycles. The lowest BCUT2D eigenvalue weighted by Crippen LogP contribution is -2.26. The smallest absolute Gasteiger partial charge is 0.0835 e. The molecule has 1 rings (SSSR count). The number of rotatable bonds is 0. The molecule has 11 heavy (non-hydrogen) atoms. The maximum absolute atomic E-state index is 9.36. The molecule has 0 heterocycles. The first-order valence-electron chi connectivity index (χ1n) is 4.22. The largest absolute Gasteiger partial charge is 0.390 e. The number of aliphatic hydroxyl groups is 2. The molecule has 2 unspecified atom stereocenters. The van der Waals surface area contributed by atoms with Crippen LogP contribution in [-0.2, 0) is 0 Å². The highest BCUT2D eigenvalue weighted by atomic mass is 16.3. The Hall–Kier alpha value is -0.340. The predicted octanol–water partition coefficient (Wildman–Crippen LogP) is 1.23. The molecule has 2 atom stereocenters. The van der Waals surface area contributed by atoms with Crippen molar-refractivity contribution in [3.8, 4) is 0 Å². The van der Waals surface area contributed by atoms with Crippen LogP contribution in [-0.4, -0.2) is 22.4 Å². The minimum absolute atomic E-state index is 0.515. The molecule has 0 amide bonds. The van der Waals surface area contributed by atoms with Crippen molar-refractivity contribution in [1.29, 1.82) is 0 Å². The van der Waals surface area contributed by atoms with Crippen molar-refractivity contribution in [1.82, 2.24) is 0 Å². The molecule has 0 saturated carbocycles. The number of hydrogen-bond donors (Lipinski definition) is 2. The highest BCUT2D eigenvalue weighted by molar-refractivity contribution is 5.01. The molecule has 0 aromatic rings. The lowest BCUT2D eigenvalue weighted by Gasteiger charge is -2.19. The summed E-state index contributed by atoms with van der Waals surface area (Å²) < 4.78 is 0. The van der Waals surface area contributed by atoms with Gasteiger partial charge in [0.15, 0.2) is 0 Å². The fraction of sp³-hybridized carbons (Fsp3) is 0.778. The fourth-order valence-corrected chi connectivity index (χ4v) is 1.42. The Balaban J connectivity index is 2.53. The van der Waals surface area contributed by atoms with Crippen molar-refractivity contribution < 1.29 is 10.2 Å². The monoisotopic (exact) mass is 156 g/mol. The van der Waals surface area contributed by atoms with Gasteiger partial charge in [-0.2, -0.15) is 0 Å². The molecule has 64 valence electrons. The Morgan fingerprint density at radius 2 is 2.09 bits per heavy atom. The van der Waals surface area contributed by atoms with Crippen LogP contribution < -0.4 is 0 Å². The van der Waals surface area contributed by atoms with Gasteiger partial charge in [-0.25, -0.2) is 0 Å². The summed E-state index contributed by atoms with van der Waals surface area (Å²) >= 11 is 0. The second-order valence-corrected chi connectivity index (χ2v) is 3.32.